The summed E-state index contributed by atoms with van der Waals surface area (Å²) in [6.07, 6.45) is 21.4. The molecule has 2 atom stereocenters. The van der Waals surface area contributed by atoms with Gasteiger partial charge in [-0.15, -0.1) is 11.8 Å². The topological polar surface area (TPSA) is 41.1 Å². The minimum atomic E-state index is -0.589. The molecular formula is C28H46F2N2OS. The van der Waals surface area contributed by atoms with E-state index in [1.54, 1.807) is 0 Å². The van der Waals surface area contributed by atoms with Crippen LogP contribution in [0.4, 0.5) is 8.78 Å². The van der Waals surface area contributed by atoms with Crippen molar-refractivity contribution in [1.82, 2.24) is 10.6 Å². The van der Waals surface area contributed by atoms with Gasteiger partial charge in [0, 0.05) is 18.4 Å². The maximum atomic E-state index is 13.4. The SMILES string of the molecule is CCCCCCCCCCCCCCCCCCNC(=O)[C@H]1CSC(c2cc(F)cc(F)c2)N1. The summed E-state index contributed by atoms with van der Waals surface area (Å²) in [6.45, 7) is 2.97. The average Bonchev–Trinajstić information content (AvgIpc) is 3.31. The molecular weight excluding hydrogens is 450 g/mol. The lowest BCUT2D eigenvalue weighted by atomic mass is 10.0. The van der Waals surface area contributed by atoms with Crippen LogP contribution in [-0.2, 0) is 4.79 Å². The summed E-state index contributed by atoms with van der Waals surface area (Å²) in [7, 11) is 0. The molecule has 0 spiro atoms. The van der Waals surface area contributed by atoms with Gasteiger partial charge in [-0.2, -0.15) is 0 Å². The van der Waals surface area contributed by atoms with Crippen LogP contribution in [-0.4, -0.2) is 24.2 Å². The van der Waals surface area contributed by atoms with Crippen molar-refractivity contribution in [3.63, 3.8) is 0 Å². The predicted molar refractivity (Wildman–Crippen MR) is 141 cm³/mol. The van der Waals surface area contributed by atoms with E-state index in [0.717, 1.165) is 18.9 Å². The molecule has 1 saturated heterocycles. The summed E-state index contributed by atoms with van der Waals surface area (Å²) in [5, 5.41) is 5.94. The van der Waals surface area contributed by atoms with Crippen molar-refractivity contribution in [2.75, 3.05) is 12.3 Å². The molecule has 3 nitrogen and oxygen atoms in total. The minimum Gasteiger partial charge on any atom is -0.355 e. The number of nitrogens with one attached hydrogen (secondary N) is 2. The second kappa shape index (κ2) is 18.2. The first kappa shape index (κ1) is 29.1. The number of carbonyl (C=O) groups excluding carboxylic acids is 1. The number of rotatable bonds is 19. The Labute approximate surface area is 210 Å². The van der Waals surface area contributed by atoms with Crippen LogP contribution in [0.2, 0.25) is 0 Å². The highest BCUT2D eigenvalue weighted by molar-refractivity contribution is 7.99. The Morgan fingerprint density at radius 3 is 1.79 bits per heavy atom. The van der Waals surface area contributed by atoms with Crippen LogP contribution in [0.3, 0.4) is 0 Å². The molecule has 1 unspecified atom stereocenters. The molecule has 1 aromatic carbocycles. The van der Waals surface area contributed by atoms with Crippen molar-refractivity contribution < 1.29 is 13.6 Å². The second-order valence-corrected chi connectivity index (χ2v) is 10.9. The quantitative estimate of drug-likeness (QED) is 0.190. The Bertz CT molecular complexity index is 668. The third-order valence-electron chi connectivity index (χ3n) is 6.62. The summed E-state index contributed by atoms with van der Waals surface area (Å²) in [5.74, 6) is -0.594. The molecule has 2 N–H and O–H groups in total. The number of benzene rings is 1. The molecule has 1 aliphatic heterocycles. The van der Waals surface area contributed by atoms with Crippen LogP contribution in [0.1, 0.15) is 121 Å². The standard InChI is InChI=1S/C28H46F2N2OS/c1-2-3-4-5-6-7-8-9-10-11-12-13-14-15-16-17-18-31-27(33)26-22-34-28(32-26)23-19-24(29)21-25(30)20-23/h19-21,26,28,32H,2-18,22H2,1H3,(H,31,33)/t26-,28?/m1/s1. The van der Waals surface area contributed by atoms with Gasteiger partial charge in [-0.1, -0.05) is 103 Å². The summed E-state index contributed by atoms with van der Waals surface area (Å²) in [5.41, 5.74) is 0.538. The zero-order valence-corrected chi connectivity index (χ0v) is 22.0. The summed E-state index contributed by atoms with van der Waals surface area (Å²) >= 11 is 1.51. The van der Waals surface area contributed by atoms with Crippen LogP contribution in [0.25, 0.3) is 0 Å². The van der Waals surface area contributed by atoms with Gasteiger partial charge >= 0.3 is 0 Å². The van der Waals surface area contributed by atoms with Gasteiger partial charge < -0.3 is 5.32 Å². The normalized spacial score (nSPS) is 17.9. The fourth-order valence-corrected chi connectivity index (χ4v) is 5.77. The van der Waals surface area contributed by atoms with Crippen molar-refractivity contribution in [2.45, 2.75) is 121 Å². The predicted octanol–water partition coefficient (Wildman–Crippen LogP) is 8.05. The smallest absolute Gasteiger partial charge is 0.238 e. The lowest BCUT2D eigenvalue weighted by Crippen LogP contribution is -2.42. The highest BCUT2D eigenvalue weighted by Gasteiger charge is 2.30. The third-order valence-corrected chi connectivity index (χ3v) is 7.88. The van der Waals surface area contributed by atoms with Gasteiger partial charge in [-0.05, 0) is 24.1 Å². The Morgan fingerprint density at radius 2 is 1.29 bits per heavy atom. The Morgan fingerprint density at radius 1 is 0.824 bits per heavy atom. The summed E-state index contributed by atoms with van der Waals surface area (Å²) in [4.78, 5) is 12.4. The molecule has 0 aromatic heterocycles. The van der Waals surface area contributed by atoms with Crippen molar-refractivity contribution in [2.24, 2.45) is 0 Å². The Kier molecular flexibility index (Phi) is 15.6. The molecule has 1 aromatic rings. The van der Waals surface area contributed by atoms with Gasteiger partial charge in [-0.25, -0.2) is 8.78 Å². The first-order valence-corrected chi connectivity index (χ1v) is 14.8. The molecule has 0 aliphatic carbocycles. The molecule has 34 heavy (non-hydrogen) atoms. The number of thioether (sulfide) groups is 1. The molecule has 0 bridgehead atoms. The van der Waals surface area contributed by atoms with E-state index in [0.29, 0.717) is 17.9 Å². The Balaban J connectivity index is 1.38. The van der Waals surface area contributed by atoms with E-state index in [-0.39, 0.29) is 17.3 Å². The highest BCUT2D eigenvalue weighted by atomic mass is 32.2. The first-order valence-electron chi connectivity index (χ1n) is 13.7. The summed E-state index contributed by atoms with van der Waals surface area (Å²) in [6, 6.07) is 3.20. The fourth-order valence-electron chi connectivity index (χ4n) is 4.55. The molecule has 194 valence electrons. The molecule has 1 fully saturated rings. The van der Waals surface area contributed by atoms with E-state index in [1.807, 2.05) is 0 Å². The molecule has 1 heterocycles. The monoisotopic (exact) mass is 496 g/mol. The van der Waals surface area contributed by atoms with Gasteiger partial charge in [0.1, 0.15) is 11.6 Å². The third kappa shape index (κ3) is 12.5. The van der Waals surface area contributed by atoms with E-state index in [9.17, 15) is 13.6 Å². The number of carbonyl (C=O) groups is 1. The van der Waals surface area contributed by atoms with Crippen LogP contribution < -0.4 is 10.6 Å². The van der Waals surface area contributed by atoms with Crippen LogP contribution in [0.15, 0.2) is 18.2 Å². The van der Waals surface area contributed by atoms with Gasteiger partial charge in [0.25, 0.3) is 0 Å². The zero-order valence-electron chi connectivity index (χ0n) is 21.2. The van der Waals surface area contributed by atoms with Crippen molar-refractivity contribution in [3.8, 4) is 0 Å². The van der Waals surface area contributed by atoms with Gasteiger partial charge in [0.15, 0.2) is 0 Å². The van der Waals surface area contributed by atoms with E-state index >= 15 is 0 Å². The number of unbranched alkanes of at least 4 members (excludes halogenated alkanes) is 15. The second-order valence-electron chi connectivity index (χ2n) is 9.73. The highest BCUT2D eigenvalue weighted by Crippen LogP contribution is 2.33. The van der Waals surface area contributed by atoms with Crippen LogP contribution in [0.5, 0.6) is 0 Å². The first-order chi connectivity index (χ1) is 16.6. The molecule has 6 heteroatoms. The van der Waals surface area contributed by atoms with Crippen LogP contribution >= 0.6 is 11.8 Å². The molecule has 2 rings (SSSR count). The van der Waals surface area contributed by atoms with Crippen molar-refractivity contribution in [1.29, 1.82) is 0 Å². The lowest BCUT2D eigenvalue weighted by Gasteiger charge is -2.14. The number of hydrogen-bond acceptors (Lipinski definition) is 3. The number of hydrogen-bond donors (Lipinski definition) is 2. The van der Waals surface area contributed by atoms with E-state index in [2.05, 4.69) is 17.6 Å². The number of halogens is 2. The maximum absolute atomic E-state index is 13.4. The largest absolute Gasteiger partial charge is 0.355 e. The van der Waals surface area contributed by atoms with Crippen molar-refractivity contribution >= 4 is 17.7 Å². The van der Waals surface area contributed by atoms with Gasteiger partial charge in [0.05, 0.1) is 11.4 Å². The van der Waals surface area contributed by atoms with Gasteiger partial charge in [0.2, 0.25) is 5.91 Å². The maximum Gasteiger partial charge on any atom is 0.238 e. The Hall–Kier alpha value is -1.14. The average molecular weight is 497 g/mol. The van der Waals surface area contributed by atoms with Crippen molar-refractivity contribution in [3.05, 3.63) is 35.4 Å². The lowest BCUT2D eigenvalue weighted by molar-refractivity contribution is -0.122. The summed E-state index contributed by atoms with van der Waals surface area (Å²) < 4.78 is 26.9. The molecule has 1 aliphatic rings. The van der Waals surface area contributed by atoms with E-state index in [1.165, 1.54) is 114 Å². The molecule has 1 amide bonds. The fraction of sp³-hybridized carbons (Fsp3) is 0.750. The zero-order chi connectivity index (χ0) is 24.4. The van der Waals surface area contributed by atoms with Gasteiger partial charge in [-0.3, -0.25) is 10.1 Å². The number of amides is 1. The van der Waals surface area contributed by atoms with Crippen LogP contribution in [0, 0.1) is 11.6 Å². The van der Waals surface area contributed by atoms with E-state index < -0.39 is 11.6 Å². The van der Waals surface area contributed by atoms with E-state index in [4.69, 9.17) is 0 Å². The minimum absolute atomic E-state index is 0.0205. The molecule has 0 saturated carbocycles. The molecule has 0 radical (unpaired) electrons.